The van der Waals surface area contributed by atoms with Gasteiger partial charge in [0.1, 0.15) is 11.9 Å². The molecule has 1 saturated carbocycles. The maximum absolute atomic E-state index is 13.5. The summed E-state index contributed by atoms with van der Waals surface area (Å²) in [6.07, 6.45) is 5.86. The zero-order valence-corrected chi connectivity index (χ0v) is 27.2. The Labute approximate surface area is 267 Å². The number of anilines is 2. The molecule has 1 unspecified atom stereocenters. The van der Waals surface area contributed by atoms with Crippen LogP contribution < -0.4 is 20.9 Å². The van der Waals surface area contributed by atoms with Crippen molar-refractivity contribution in [2.45, 2.75) is 77.3 Å². The van der Waals surface area contributed by atoms with Gasteiger partial charge in [0.2, 0.25) is 17.8 Å². The molecular weight excluding hydrogens is 566 g/mol. The van der Waals surface area contributed by atoms with E-state index in [0.717, 1.165) is 61.8 Å². The molecule has 10 nitrogen and oxygen atoms in total. The van der Waals surface area contributed by atoms with E-state index in [0.29, 0.717) is 30.5 Å². The van der Waals surface area contributed by atoms with Crippen LogP contribution in [0.4, 0.5) is 11.8 Å². The van der Waals surface area contributed by atoms with Crippen LogP contribution in [0.15, 0.2) is 54.6 Å². The molecule has 0 saturated heterocycles. The zero-order valence-electron chi connectivity index (χ0n) is 27.2. The van der Waals surface area contributed by atoms with E-state index < -0.39 is 6.04 Å². The third-order valence-electron chi connectivity index (χ3n) is 8.37. The Morgan fingerprint density at radius 2 is 1.56 bits per heavy atom. The number of nitrogens with zero attached hydrogens (tertiary/aromatic N) is 4. The van der Waals surface area contributed by atoms with Gasteiger partial charge in [-0.05, 0) is 75.1 Å². The first kappa shape index (κ1) is 33.7. The molecule has 3 aromatic rings. The monoisotopic (exact) mass is 615 g/mol. The van der Waals surface area contributed by atoms with Crippen LogP contribution >= 0.6 is 0 Å². The van der Waals surface area contributed by atoms with Gasteiger partial charge in [-0.15, -0.1) is 0 Å². The smallest absolute Gasteiger partial charge is 0.251 e. The summed E-state index contributed by atoms with van der Waals surface area (Å²) >= 11 is 0. The van der Waals surface area contributed by atoms with Gasteiger partial charge in [0.15, 0.2) is 0 Å². The lowest BCUT2D eigenvalue weighted by Gasteiger charge is -2.30. The molecule has 1 aromatic heterocycles. The lowest BCUT2D eigenvalue weighted by Crippen LogP contribution is -2.49. The van der Waals surface area contributed by atoms with E-state index in [2.05, 4.69) is 16.0 Å². The largest absolute Gasteiger partial charge is 0.362 e. The van der Waals surface area contributed by atoms with Gasteiger partial charge in [-0.1, -0.05) is 44.2 Å². The van der Waals surface area contributed by atoms with Crippen LogP contribution in [0.2, 0.25) is 0 Å². The van der Waals surface area contributed by atoms with Gasteiger partial charge in [0.25, 0.3) is 5.91 Å². The van der Waals surface area contributed by atoms with Crippen molar-refractivity contribution in [2.24, 2.45) is 5.92 Å². The van der Waals surface area contributed by atoms with E-state index in [1.54, 1.807) is 29.2 Å². The fourth-order valence-electron chi connectivity index (χ4n) is 5.98. The number of rotatable bonds is 15. The Bertz CT molecular complexity index is 1400. The van der Waals surface area contributed by atoms with E-state index in [1.807, 2.05) is 63.2 Å². The molecule has 0 aliphatic heterocycles. The molecule has 242 valence electrons. The number of benzene rings is 2. The van der Waals surface area contributed by atoms with E-state index >= 15 is 0 Å². The average molecular weight is 616 g/mol. The van der Waals surface area contributed by atoms with Crippen molar-refractivity contribution in [3.05, 3.63) is 60.2 Å². The summed E-state index contributed by atoms with van der Waals surface area (Å²) in [5, 5.41) is 10.6. The first-order chi connectivity index (χ1) is 21.8. The summed E-state index contributed by atoms with van der Waals surface area (Å²) in [6, 6.07) is 16.3. The maximum Gasteiger partial charge on any atom is 0.251 e. The molecule has 4 rings (SSSR count). The third kappa shape index (κ3) is 9.64. The highest BCUT2D eigenvalue weighted by Gasteiger charge is 2.28. The Morgan fingerprint density at radius 3 is 2.22 bits per heavy atom. The van der Waals surface area contributed by atoms with Gasteiger partial charge >= 0.3 is 0 Å². The number of carbonyl (C=O) groups excluding carboxylic acids is 3. The van der Waals surface area contributed by atoms with Gasteiger partial charge in [-0.2, -0.15) is 4.98 Å². The quantitative estimate of drug-likeness (QED) is 0.220. The van der Waals surface area contributed by atoms with Crippen LogP contribution in [0, 0.1) is 5.92 Å². The number of hydrogen-bond acceptors (Lipinski definition) is 7. The van der Waals surface area contributed by atoms with Crippen LogP contribution in [0.1, 0.15) is 75.6 Å². The summed E-state index contributed by atoms with van der Waals surface area (Å²) in [7, 11) is 3.97. The first-order valence-corrected chi connectivity index (χ1v) is 16.4. The Hall–Kier alpha value is -4.21. The highest BCUT2D eigenvalue weighted by Crippen LogP contribution is 2.27. The van der Waals surface area contributed by atoms with Crippen LogP contribution in [0.25, 0.3) is 10.9 Å². The molecule has 2 aromatic carbocycles. The highest BCUT2D eigenvalue weighted by molar-refractivity contribution is 5.97. The van der Waals surface area contributed by atoms with Crippen LogP contribution in [-0.4, -0.2) is 78.4 Å². The summed E-state index contributed by atoms with van der Waals surface area (Å²) in [5.41, 5.74) is 1.41. The number of fused-ring (bicyclic) bond motifs is 1. The van der Waals surface area contributed by atoms with E-state index in [4.69, 9.17) is 9.97 Å². The number of aromatic nitrogens is 2. The molecule has 3 N–H and O–H groups in total. The standard InChI is InChI=1S/C35H49N7O3/c1-5-22-42(23-6-2)34(45)30(38-33(44)26-12-8-7-9-13-26)20-21-31(43)37-27-18-16-25(17-19-27)24-36-35-39-29-15-11-10-14-28(29)32(40-35)41(3)4/h7-15,25,27,30H,5-6,16-24H2,1-4H3,(H,37,43)(H,38,44)(H,36,39,40). The topological polar surface area (TPSA) is 120 Å². The number of para-hydroxylation sites is 1. The number of carbonyl (C=O) groups is 3. The fourth-order valence-corrected chi connectivity index (χ4v) is 5.98. The van der Waals surface area contributed by atoms with Gasteiger partial charge in [0, 0.05) is 57.1 Å². The minimum absolute atomic E-state index is 0.0818. The maximum atomic E-state index is 13.5. The molecule has 0 bridgehead atoms. The Balaban J connectivity index is 1.27. The van der Waals surface area contributed by atoms with Crippen molar-refractivity contribution >= 4 is 40.4 Å². The van der Waals surface area contributed by atoms with Crippen molar-refractivity contribution in [1.82, 2.24) is 25.5 Å². The van der Waals surface area contributed by atoms with Gasteiger partial charge in [0.05, 0.1) is 5.52 Å². The van der Waals surface area contributed by atoms with E-state index in [9.17, 15) is 14.4 Å². The van der Waals surface area contributed by atoms with Crippen molar-refractivity contribution in [3.8, 4) is 0 Å². The number of hydrogen-bond donors (Lipinski definition) is 3. The molecule has 3 amide bonds. The van der Waals surface area contributed by atoms with Crippen molar-refractivity contribution < 1.29 is 14.4 Å². The molecule has 0 spiro atoms. The highest BCUT2D eigenvalue weighted by atomic mass is 16.2. The van der Waals surface area contributed by atoms with Crippen LogP contribution in [0.5, 0.6) is 0 Å². The minimum Gasteiger partial charge on any atom is -0.362 e. The number of nitrogens with one attached hydrogen (secondary N) is 3. The Kier molecular flexibility index (Phi) is 12.5. The average Bonchev–Trinajstić information content (AvgIpc) is 3.05. The van der Waals surface area contributed by atoms with E-state index in [1.165, 1.54) is 0 Å². The molecule has 1 aliphatic carbocycles. The number of amides is 3. The SMILES string of the molecule is CCCN(CCC)C(=O)C(CCC(=O)NC1CCC(CNc2nc(N(C)C)c3ccccc3n2)CC1)NC(=O)c1ccccc1. The predicted molar refractivity (Wildman–Crippen MR) is 180 cm³/mol. The third-order valence-corrected chi connectivity index (χ3v) is 8.37. The summed E-state index contributed by atoms with van der Waals surface area (Å²) in [4.78, 5) is 52.7. The van der Waals surface area contributed by atoms with E-state index in [-0.39, 0.29) is 36.6 Å². The molecule has 1 aliphatic rings. The summed E-state index contributed by atoms with van der Waals surface area (Å²) < 4.78 is 0. The summed E-state index contributed by atoms with van der Waals surface area (Å²) in [6.45, 7) is 6.09. The molecule has 1 fully saturated rings. The van der Waals surface area contributed by atoms with Gasteiger partial charge in [-0.3, -0.25) is 14.4 Å². The normalized spacial score (nSPS) is 16.9. The fraction of sp³-hybridized carbons (Fsp3) is 0.514. The lowest BCUT2D eigenvalue weighted by molar-refractivity contribution is -0.133. The zero-order chi connectivity index (χ0) is 32.2. The predicted octanol–water partition coefficient (Wildman–Crippen LogP) is 5.01. The molecular formula is C35H49N7O3. The van der Waals surface area contributed by atoms with Crippen LogP contribution in [-0.2, 0) is 9.59 Å². The molecule has 1 atom stereocenters. The van der Waals surface area contributed by atoms with Gasteiger partial charge < -0.3 is 25.8 Å². The van der Waals surface area contributed by atoms with Crippen molar-refractivity contribution in [2.75, 3.05) is 43.9 Å². The first-order valence-electron chi connectivity index (χ1n) is 16.4. The molecule has 0 radical (unpaired) electrons. The molecule has 45 heavy (non-hydrogen) atoms. The second-order valence-electron chi connectivity index (χ2n) is 12.2. The Morgan fingerprint density at radius 1 is 0.889 bits per heavy atom. The van der Waals surface area contributed by atoms with Crippen molar-refractivity contribution in [3.63, 3.8) is 0 Å². The van der Waals surface area contributed by atoms with Crippen LogP contribution in [0.3, 0.4) is 0 Å². The second-order valence-corrected chi connectivity index (χ2v) is 12.2. The molecule has 1 heterocycles. The van der Waals surface area contributed by atoms with Crippen molar-refractivity contribution in [1.29, 1.82) is 0 Å². The molecule has 10 heteroatoms. The van der Waals surface area contributed by atoms with Gasteiger partial charge in [-0.25, -0.2) is 4.98 Å². The minimum atomic E-state index is -0.756. The second kappa shape index (κ2) is 16.7. The lowest BCUT2D eigenvalue weighted by atomic mass is 9.86. The summed E-state index contributed by atoms with van der Waals surface area (Å²) in [5.74, 6) is 1.48.